The number of aromatic nitrogens is 2. The molecule has 1 aromatic carbocycles. The number of hydrogen-bond acceptors (Lipinski definition) is 4. The fraction of sp³-hybridized carbons (Fsp3) is 0.353. The molecule has 6 nitrogen and oxygen atoms in total. The summed E-state index contributed by atoms with van der Waals surface area (Å²) in [5.74, 6) is 1.23. The molecule has 7 heteroatoms. The predicted molar refractivity (Wildman–Crippen MR) is 92.6 cm³/mol. The lowest BCUT2D eigenvalue weighted by Crippen LogP contribution is -2.34. The summed E-state index contributed by atoms with van der Waals surface area (Å²) in [6, 6.07) is 8.80. The van der Waals surface area contributed by atoms with Crippen LogP contribution in [0.15, 0.2) is 30.3 Å². The van der Waals surface area contributed by atoms with Crippen LogP contribution in [-0.4, -0.2) is 40.1 Å². The number of nitrogens with one attached hydrogen (secondary N) is 1. The van der Waals surface area contributed by atoms with E-state index < -0.39 is 0 Å². The molecule has 1 atom stereocenters. The zero-order chi connectivity index (χ0) is 17.1. The normalized spacial score (nSPS) is 17.0. The van der Waals surface area contributed by atoms with Crippen molar-refractivity contribution in [3.63, 3.8) is 0 Å². The third kappa shape index (κ3) is 3.94. The summed E-state index contributed by atoms with van der Waals surface area (Å²) in [7, 11) is 0. The quantitative estimate of drug-likeness (QED) is 0.924. The molecule has 0 bridgehead atoms. The molecule has 2 amide bonds. The SMILES string of the molecule is Cc1cc(OC2CCN(C(=O)Nc3ccccc3Cl)C2)nc(C)n1. The van der Waals surface area contributed by atoms with E-state index >= 15 is 0 Å². The topological polar surface area (TPSA) is 67.3 Å². The highest BCUT2D eigenvalue weighted by atomic mass is 35.5. The number of aryl methyl sites for hydroxylation is 2. The minimum Gasteiger partial charge on any atom is -0.472 e. The lowest BCUT2D eigenvalue weighted by atomic mass is 10.3. The second kappa shape index (κ2) is 7.05. The second-order valence-corrected chi connectivity index (χ2v) is 6.19. The van der Waals surface area contributed by atoms with Crippen LogP contribution < -0.4 is 10.1 Å². The van der Waals surface area contributed by atoms with E-state index in [9.17, 15) is 4.79 Å². The largest absolute Gasteiger partial charge is 0.472 e. The van der Waals surface area contributed by atoms with E-state index in [2.05, 4.69) is 15.3 Å². The van der Waals surface area contributed by atoms with Gasteiger partial charge in [-0.05, 0) is 26.0 Å². The average Bonchev–Trinajstić information content (AvgIpc) is 2.97. The summed E-state index contributed by atoms with van der Waals surface area (Å²) in [6.07, 6.45) is 0.689. The van der Waals surface area contributed by atoms with Crippen molar-refractivity contribution in [2.75, 3.05) is 18.4 Å². The lowest BCUT2D eigenvalue weighted by Gasteiger charge is -2.18. The number of carbonyl (C=O) groups excluding carboxylic acids is 1. The molecule has 24 heavy (non-hydrogen) atoms. The second-order valence-electron chi connectivity index (χ2n) is 5.78. The zero-order valence-corrected chi connectivity index (χ0v) is 14.4. The van der Waals surface area contributed by atoms with E-state index in [1.54, 1.807) is 23.1 Å². The molecule has 0 radical (unpaired) electrons. The van der Waals surface area contributed by atoms with E-state index in [4.69, 9.17) is 16.3 Å². The Hall–Kier alpha value is -2.34. The van der Waals surface area contributed by atoms with E-state index in [-0.39, 0.29) is 12.1 Å². The summed E-state index contributed by atoms with van der Waals surface area (Å²) in [5, 5.41) is 3.35. The minimum absolute atomic E-state index is 0.0734. The van der Waals surface area contributed by atoms with Crippen molar-refractivity contribution in [2.24, 2.45) is 0 Å². The molecular weight excluding hydrogens is 328 g/mol. The maximum atomic E-state index is 12.3. The number of likely N-dealkylation sites (tertiary alicyclic amines) is 1. The highest BCUT2D eigenvalue weighted by Crippen LogP contribution is 2.22. The van der Waals surface area contributed by atoms with Gasteiger partial charge in [0.1, 0.15) is 11.9 Å². The summed E-state index contributed by atoms with van der Waals surface area (Å²) in [4.78, 5) is 22.6. The number of carbonyl (C=O) groups is 1. The van der Waals surface area contributed by atoms with Crippen molar-refractivity contribution in [1.82, 2.24) is 14.9 Å². The summed E-state index contributed by atoms with van der Waals surface area (Å²) < 4.78 is 5.89. The van der Waals surface area contributed by atoms with Crippen LogP contribution in [0.25, 0.3) is 0 Å². The van der Waals surface area contributed by atoms with Gasteiger partial charge in [0.05, 0.1) is 17.3 Å². The molecule has 1 aliphatic rings. The first-order valence-electron chi connectivity index (χ1n) is 7.80. The highest BCUT2D eigenvalue weighted by Gasteiger charge is 2.28. The Bertz CT molecular complexity index is 733. The molecule has 1 aliphatic heterocycles. The molecule has 1 unspecified atom stereocenters. The van der Waals surface area contributed by atoms with Gasteiger partial charge in [-0.3, -0.25) is 0 Å². The van der Waals surface area contributed by atoms with E-state index in [0.29, 0.717) is 35.5 Å². The van der Waals surface area contributed by atoms with Gasteiger partial charge in [0.2, 0.25) is 5.88 Å². The lowest BCUT2D eigenvalue weighted by molar-refractivity contribution is 0.189. The first-order valence-corrected chi connectivity index (χ1v) is 8.18. The molecule has 126 valence electrons. The number of para-hydroxylation sites is 1. The van der Waals surface area contributed by atoms with Crippen molar-refractivity contribution < 1.29 is 9.53 Å². The van der Waals surface area contributed by atoms with Crippen LogP contribution in [0, 0.1) is 13.8 Å². The fourth-order valence-corrected chi connectivity index (χ4v) is 2.86. The van der Waals surface area contributed by atoms with Crippen molar-refractivity contribution in [3.8, 4) is 5.88 Å². The minimum atomic E-state index is -0.177. The number of rotatable bonds is 3. The Morgan fingerprint density at radius 1 is 1.33 bits per heavy atom. The fourth-order valence-electron chi connectivity index (χ4n) is 2.68. The van der Waals surface area contributed by atoms with E-state index in [1.165, 1.54) is 0 Å². The average molecular weight is 347 g/mol. The van der Waals surface area contributed by atoms with Gasteiger partial charge in [0.25, 0.3) is 0 Å². The van der Waals surface area contributed by atoms with Gasteiger partial charge >= 0.3 is 6.03 Å². The number of benzene rings is 1. The van der Waals surface area contributed by atoms with Crippen molar-refractivity contribution >= 4 is 23.3 Å². The molecule has 0 spiro atoms. The molecule has 0 saturated carbocycles. The summed E-state index contributed by atoms with van der Waals surface area (Å²) in [6.45, 7) is 4.87. The van der Waals surface area contributed by atoms with Gasteiger partial charge in [-0.25, -0.2) is 9.78 Å². The van der Waals surface area contributed by atoms with Gasteiger partial charge in [-0.15, -0.1) is 0 Å². The zero-order valence-electron chi connectivity index (χ0n) is 13.6. The molecular formula is C17H19ClN4O2. The van der Waals surface area contributed by atoms with Gasteiger partial charge < -0.3 is 15.0 Å². The monoisotopic (exact) mass is 346 g/mol. The third-order valence-electron chi connectivity index (χ3n) is 3.78. The van der Waals surface area contributed by atoms with Gasteiger partial charge in [-0.2, -0.15) is 4.98 Å². The number of anilines is 1. The maximum Gasteiger partial charge on any atom is 0.322 e. The molecule has 1 fully saturated rings. The standard InChI is InChI=1S/C17H19ClN4O2/c1-11-9-16(20-12(2)19-11)24-13-7-8-22(10-13)17(23)21-15-6-4-3-5-14(15)18/h3-6,9,13H,7-8,10H2,1-2H3,(H,21,23). The first kappa shape index (κ1) is 16.5. The molecule has 0 aliphatic carbocycles. The van der Waals surface area contributed by atoms with Gasteiger partial charge in [0.15, 0.2) is 0 Å². The number of hydrogen-bond donors (Lipinski definition) is 1. The molecule has 2 heterocycles. The third-order valence-corrected chi connectivity index (χ3v) is 4.11. The molecule has 1 aromatic heterocycles. The number of amides is 2. The Morgan fingerprint density at radius 3 is 2.88 bits per heavy atom. The first-order chi connectivity index (χ1) is 11.5. The smallest absolute Gasteiger partial charge is 0.322 e. The van der Waals surface area contributed by atoms with Crippen LogP contribution in [0.3, 0.4) is 0 Å². The Kier molecular flexibility index (Phi) is 4.85. The van der Waals surface area contributed by atoms with Crippen LogP contribution in [0.4, 0.5) is 10.5 Å². The van der Waals surface area contributed by atoms with Crippen LogP contribution in [0.1, 0.15) is 17.9 Å². The van der Waals surface area contributed by atoms with Crippen LogP contribution in [0.5, 0.6) is 5.88 Å². The Balaban J connectivity index is 1.58. The Labute approximate surface area is 145 Å². The van der Waals surface area contributed by atoms with Crippen LogP contribution >= 0.6 is 11.6 Å². The molecule has 2 aromatic rings. The van der Waals surface area contributed by atoms with Gasteiger partial charge in [-0.1, -0.05) is 23.7 Å². The van der Waals surface area contributed by atoms with Crippen LogP contribution in [0.2, 0.25) is 5.02 Å². The molecule has 3 rings (SSSR count). The van der Waals surface area contributed by atoms with E-state index in [1.807, 2.05) is 26.0 Å². The Morgan fingerprint density at radius 2 is 2.12 bits per heavy atom. The molecule has 1 saturated heterocycles. The number of urea groups is 1. The summed E-state index contributed by atoms with van der Waals surface area (Å²) >= 11 is 6.07. The highest BCUT2D eigenvalue weighted by molar-refractivity contribution is 6.33. The predicted octanol–water partition coefficient (Wildman–Crippen LogP) is 3.43. The molecule has 1 N–H and O–H groups in total. The number of nitrogens with zero attached hydrogens (tertiary/aromatic N) is 3. The van der Waals surface area contributed by atoms with Gasteiger partial charge in [0, 0.05) is 24.7 Å². The van der Waals surface area contributed by atoms with E-state index in [0.717, 1.165) is 12.1 Å². The van der Waals surface area contributed by atoms with Crippen LogP contribution in [-0.2, 0) is 0 Å². The van der Waals surface area contributed by atoms with Crippen molar-refractivity contribution in [3.05, 3.63) is 46.9 Å². The number of halogens is 1. The summed E-state index contributed by atoms with van der Waals surface area (Å²) in [5.41, 5.74) is 1.47. The number of ether oxygens (including phenoxy) is 1. The van der Waals surface area contributed by atoms with Crippen molar-refractivity contribution in [1.29, 1.82) is 0 Å². The maximum absolute atomic E-state index is 12.3. The van der Waals surface area contributed by atoms with Crippen molar-refractivity contribution in [2.45, 2.75) is 26.4 Å².